The van der Waals surface area contributed by atoms with Crippen LogP contribution < -0.4 is 0 Å². The molecule has 1 aromatic rings. The van der Waals surface area contributed by atoms with E-state index in [9.17, 15) is 13.2 Å². The summed E-state index contributed by atoms with van der Waals surface area (Å²) in [4.78, 5) is 0. The molecule has 0 fully saturated rings. The first-order valence-corrected chi connectivity index (χ1v) is 2.58. The van der Waals surface area contributed by atoms with E-state index in [1.54, 1.807) is 11.2 Å². The van der Waals surface area contributed by atoms with Gasteiger partial charge in [-0.05, 0) is 0 Å². The van der Waals surface area contributed by atoms with Crippen LogP contribution in [0.1, 0.15) is 5.69 Å². The van der Waals surface area contributed by atoms with Gasteiger partial charge in [0, 0.05) is 0 Å². The van der Waals surface area contributed by atoms with Crippen LogP contribution in [0.3, 0.4) is 0 Å². The highest BCUT2D eigenvalue weighted by molar-refractivity contribution is 6.29. The van der Waals surface area contributed by atoms with Crippen LogP contribution in [0, 0.1) is 6.07 Å². The van der Waals surface area contributed by atoms with E-state index in [0.29, 0.717) is 0 Å². The fourth-order valence-corrected chi connectivity index (χ4v) is 0.535. The predicted molar refractivity (Wildman–Crippen MR) is 27.4 cm³/mol. The molecule has 0 unspecified atom stereocenters. The van der Waals surface area contributed by atoms with E-state index in [2.05, 4.69) is 5.10 Å². The van der Waals surface area contributed by atoms with Gasteiger partial charge in [0.2, 0.25) is 0 Å². The highest BCUT2D eigenvalue weighted by atomic mass is 35.5. The van der Waals surface area contributed by atoms with Crippen molar-refractivity contribution in [3.63, 3.8) is 0 Å². The zero-order valence-electron chi connectivity index (χ0n) is 4.46. The van der Waals surface area contributed by atoms with Crippen LogP contribution in [0.4, 0.5) is 13.2 Å². The lowest BCUT2D eigenvalue weighted by molar-refractivity contribution is -0.141. The fourth-order valence-electron chi connectivity index (χ4n) is 0.398. The Morgan fingerprint density at radius 3 is 2.30 bits per heavy atom. The number of hydrogen-bond donors (Lipinski definition) is 1. The van der Waals surface area contributed by atoms with E-state index in [4.69, 9.17) is 11.6 Å². The minimum absolute atomic E-state index is 0.313. The predicted octanol–water partition coefficient (Wildman–Crippen LogP) is 1.88. The summed E-state index contributed by atoms with van der Waals surface area (Å²) in [5.74, 6) is 0. The average molecular weight is 170 g/mol. The van der Waals surface area contributed by atoms with Crippen molar-refractivity contribution in [2.75, 3.05) is 0 Å². The third kappa shape index (κ3) is 1.41. The number of nitrogens with one attached hydrogen (secondary N) is 1. The molecule has 0 saturated carbocycles. The van der Waals surface area contributed by atoms with Gasteiger partial charge in [-0.15, -0.1) is 0 Å². The molecule has 1 heterocycles. The Balaban J connectivity index is 2.96. The van der Waals surface area contributed by atoms with Crippen LogP contribution in [-0.2, 0) is 6.18 Å². The molecule has 0 bridgehead atoms. The van der Waals surface area contributed by atoms with Gasteiger partial charge in [0.1, 0.15) is 5.69 Å². The number of aromatic amines is 1. The van der Waals surface area contributed by atoms with Gasteiger partial charge >= 0.3 is 6.18 Å². The lowest BCUT2D eigenvalue weighted by Crippen LogP contribution is -2.04. The first kappa shape index (κ1) is 7.40. The molecule has 1 N–H and O–H groups in total. The van der Waals surface area contributed by atoms with Crippen molar-refractivity contribution in [1.29, 1.82) is 0 Å². The van der Waals surface area contributed by atoms with E-state index >= 15 is 0 Å². The summed E-state index contributed by atoms with van der Waals surface area (Å²) in [6, 6.07) is 1.79. The first-order chi connectivity index (χ1) is 4.50. The zero-order chi connectivity index (χ0) is 7.78. The number of H-pyrrole nitrogens is 1. The fraction of sp³-hybridized carbons (Fsp3) is 0.250. The second-order valence-corrected chi connectivity index (χ2v) is 1.87. The second-order valence-electron chi connectivity index (χ2n) is 1.51. The Labute approximate surface area is 59.0 Å². The molecule has 1 radical (unpaired) electrons. The van der Waals surface area contributed by atoms with Crippen molar-refractivity contribution in [2.45, 2.75) is 6.18 Å². The molecular weight excluding hydrogens is 169 g/mol. The number of hydrogen-bond acceptors (Lipinski definition) is 1. The number of rotatable bonds is 0. The van der Waals surface area contributed by atoms with Crippen molar-refractivity contribution in [1.82, 2.24) is 10.2 Å². The quantitative estimate of drug-likeness (QED) is 0.631. The third-order valence-corrected chi connectivity index (χ3v) is 0.956. The Kier molecular flexibility index (Phi) is 1.60. The maximum absolute atomic E-state index is 11.6. The molecule has 0 aromatic carbocycles. The molecule has 6 heteroatoms. The van der Waals surface area contributed by atoms with Gasteiger partial charge in [-0.25, -0.2) is 0 Å². The van der Waals surface area contributed by atoms with Gasteiger partial charge in [0.15, 0.2) is 5.15 Å². The van der Waals surface area contributed by atoms with Crippen molar-refractivity contribution in [2.24, 2.45) is 0 Å². The molecule has 55 valence electrons. The SMILES string of the molecule is FC(F)(F)c1[c]c(Cl)n[nH]1. The molecule has 0 saturated heterocycles. The highest BCUT2D eigenvalue weighted by Gasteiger charge is 2.33. The summed E-state index contributed by atoms with van der Waals surface area (Å²) in [7, 11) is 0. The van der Waals surface area contributed by atoms with Gasteiger partial charge in [-0.1, -0.05) is 11.6 Å². The molecule has 2 nitrogen and oxygen atoms in total. The van der Waals surface area contributed by atoms with Gasteiger partial charge < -0.3 is 0 Å². The molecular formula is C4HClF3N2. The van der Waals surface area contributed by atoms with Crippen molar-refractivity contribution >= 4 is 11.6 Å². The minimum atomic E-state index is -4.44. The molecule has 0 aliphatic carbocycles. The van der Waals surface area contributed by atoms with Gasteiger partial charge in [-0.2, -0.15) is 18.3 Å². The summed E-state index contributed by atoms with van der Waals surface area (Å²) < 4.78 is 34.9. The number of nitrogens with zero attached hydrogens (tertiary/aromatic N) is 1. The summed E-state index contributed by atoms with van der Waals surface area (Å²) in [5.41, 5.74) is -1.06. The van der Waals surface area contributed by atoms with E-state index in [1.165, 1.54) is 0 Å². The summed E-state index contributed by atoms with van der Waals surface area (Å²) >= 11 is 5.07. The topological polar surface area (TPSA) is 28.7 Å². The maximum atomic E-state index is 11.6. The highest BCUT2D eigenvalue weighted by Crippen LogP contribution is 2.27. The molecule has 0 spiro atoms. The zero-order valence-corrected chi connectivity index (χ0v) is 5.22. The van der Waals surface area contributed by atoms with Gasteiger partial charge in [-0.3, -0.25) is 5.10 Å². The molecule has 0 amide bonds. The molecule has 10 heavy (non-hydrogen) atoms. The first-order valence-electron chi connectivity index (χ1n) is 2.20. The van der Waals surface area contributed by atoms with Crippen LogP contribution in [0.5, 0.6) is 0 Å². The lowest BCUT2D eigenvalue weighted by Gasteiger charge is -1.98. The molecule has 0 aliphatic heterocycles. The van der Waals surface area contributed by atoms with E-state index in [-0.39, 0.29) is 5.15 Å². The largest absolute Gasteiger partial charge is 0.433 e. The molecule has 0 atom stereocenters. The third-order valence-electron chi connectivity index (χ3n) is 0.777. The maximum Gasteiger partial charge on any atom is 0.433 e. The number of aromatic nitrogens is 2. The van der Waals surface area contributed by atoms with Crippen LogP contribution in [-0.4, -0.2) is 10.2 Å². The van der Waals surface area contributed by atoms with Gasteiger partial charge in [0.05, 0.1) is 6.07 Å². The normalized spacial score (nSPS) is 12.0. The van der Waals surface area contributed by atoms with Crippen LogP contribution >= 0.6 is 11.6 Å². The summed E-state index contributed by atoms with van der Waals surface area (Å²) in [5, 5.41) is 4.42. The summed E-state index contributed by atoms with van der Waals surface area (Å²) in [6.45, 7) is 0. The van der Waals surface area contributed by atoms with E-state index < -0.39 is 11.9 Å². The average Bonchev–Trinajstić information content (AvgIpc) is 2.11. The number of alkyl halides is 3. The minimum Gasteiger partial charge on any atom is -0.272 e. The molecule has 0 aliphatic rings. The Morgan fingerprint density at radius 2 is 2.10 bits per heavy atom. The van der Waals surface area contributed by atoms with Crippen LogP contribution in [0.2, 0.25) is 5.15 Å². The molecule has 1 aromatic heterocycles. The van der Waals surface area contributed by atoms with Crippen molar-refractivity contribution < 1.29 is 13.2 Å². The smallest absolute Gasteiger partial charge is 0.272 e. The van der Waals surface area contributed by atoms with Crippen LogP contribution in [0.25, 0.3) is 0 Å². The summed E-state index contributed by atoms with van der Waals surface area (Å²) in [6.07, 6.45) is -4.44. The Morgan fingerprint density at radius 1 is 1.50 bits per heavy atom. The Bertz CT molecular complexity index is 229. The second kappa shape index (κ2) is 2.16. The van der Waals surface area contributed by atoms with E-state index in [1.807, 2.05) is 0 Å². The van der Waals surface area contributed by atoms with Crippen molar-refractivity contribution in [3.8, 4) is 0 Å². The standard InChI is InChI=1S/C4HClF3N2/c5-3-1-2(9-10-3)4(6,7)8/h(H,9,10). The van der Waals surface area contributed by atoms with E-state index in [0.717, 1.165) is 0 Å². The van der Waals surface area contributed by atoms with Gasteiger partial charge in [0.25, 0.3) is 0 Å². The lowest BCUT2D eigenvalue weighted by atomic mass is 10.4. The van der Waals surface area contributed by atoms with Crippen molar-refractivity contribution in [3.05, 3.63) is 16.9 Å². The van der Waals surface area contributed by atoms with Crippen LogP contribution in [0.15, 0.2) is 0 Å². The molecule has 1 rings (SSSR count). The number of halogens is 4. The monoisotopic (exact) mass is 169 g/mol. The Hall–Kier alpha value is -0.710.